The van der Waals surface area contributed by atoms with Crippen molar-refractivity contribution >= 4 is 17.4 Å². The zero-order valence-electron chi connectivity index (χ0n) is 19.7. The molecule has 8 heteroatoms. The maximum atomic E-state index is 17.3. The molecule has 0 amide bonds. The van der Waals surface area contributed by atoms with Crippen LogP contribution >= 0.6 is 0 Å². The maximum Gasteiger partial charge on any atom is 0.339 e. The van der Waals surface area contributed by atoms with Crippen molar-refractivity contribution in [3.05, 3.63) is 53.9 Å². The van der Waals surface area contributed by atoms with Crippen LogP contribution in [0.2, 0.25) is 0 Å². The summed E-state index contributed by atoms with van der Waals surface area (Å²) >= 11 is 0. The molecule has 5 aliphatic rings. The molecule has 6 rings (SSSR count). The summed E-state index contributed by atoms with van der Waals surface area (Å²) in [4.78, 5) is 31.2. The molecular formula is C27H29F2NO5. The number of aliphatic hydroxyl groups is 1. The van der Waals surface area contributed by atoms with Crippen LogP contribution in [0.25, 0.3) is 0 Å². The lowest BCUT2D eigenvalue weighted by molar-refractivity contribution is -0.229. The van der Waals surface area contributed by atoms with E-state index in [1.165, 1.54) is 29.3 Å². The van der Waals surface area contributed by atoms with Crippen LogP contribution in [-0.4, -0.2) is 45.9 Å². The van der Waals surface area contributed by atoms with Crippen LogP contribution in [0.3, 0.4) is 0 Å². The fourth-order valence-corrected chi connectivity index (χ4v) is 8.38. The molecule has 6 nitrogen and oxygen atoms in total. The first-order valence-electron chi connectivity index (χ1n) is 12.2. The number of aliphatic hydroxyl groups excluding tert-OH is 1. The first-order chi connectivity index (χ1) is 16.5. The summed E-state index contributed by atoms with van der Waals surface area (Å²) in [5.74, 6) is -3.04. The Hall–Kier alpha value is -2.58. The quantitative estimate of drug-likeness (QED) is 0.659. The average Bonchev–Trinajstić information content (AvgIpc) is 3.30. The van der Waals surface area contributed by atoms with Gasteiger partial charge >= 0.3 is 5.97 Å². The molecule has 1 aliphatic heterocycles. The maximum absolute atomic E-state index is 17.3. The Morgan fingerprint density at radius 1 is 1.20 bits per heavy atom. The molecule has 8 atom stereocenters. The second kappa shape index (κ2) is 7.01. The van der Waals surface area contributed by atoms with E-state index < -0.39 is 51.8 Å². The largest absolute Gasteiger partial charge is 0.479 e. The number of carbonyl (C=O) groups is 2. The molecule has 0 aromatic heterocycles. The van der Waals surface area contributed by atoms with Crippen molar-refractivity contribution in [3.8, 4) is 0 Å². The Morgan fingerprint density at radius 3 is 2.60 bits per heavy atom. The number of alkyl halides is 1. The van der Waals surface area contributed by atoms with Crippen molar-refractivity contribution in [2.24, 2.45) is 28.6 Å². The third-order valence-corrected chi connectivity index (χ3v) is 10.1. The van der Waals surface area contributed by atoms with E-state index in [-0.39, 0.29) is 24.7 Å². The van der Waals surface area contributed by atoms with Crippen molar-refractivity contribution in [3.63, 3.8) is 0 Å². The molecule has 186 valence electrons. The lowest BCUT2D eigenvalue weighted by Crippen LogP contribution is -2.69. The zero-order chi connectivity index (χ0) is 25.0. The van der Waals surface area contributed by atoms with Crippen LogP contribution in [-0.2, 0) is 14.4 Å². The number of carboxylic acids is 1. The van der Waals surface area contributed by atoms with E-state index in [2.05, 4.69) is 0 Å². The molecule has 35 heavy (non-hydrogen) atoms. The van der Waals surface area contributed by atoms with Gasteiger partial charge in [-0.25, -0.2) is 13.6 Å². The highest BCUT2D eigenvalue weighted by Crippen LogP contribution is 2.72. The monoisotopic (exact) mass is 485 g/mol. The van der Waals surface area contributed by atoms with Crippen molar-refractivity contribution in [1.82, 2.24) is 0 Å². The Kier molecular flexibility index (Phi) is 4.58. The van der Waals surface area contributed by atoms with E-state index in [9.17, 15) is 24.2 Å². The molecule has 4 fully saturated rings. The minimum absolute atomic E-state index is 0.0740. The summed E-state index contributed by atoms with van der Waals surface area (Å²) in [6.45, 7) is 3.84. The molecule has 0 unspecified atom stereocenters. The molecule has 1 heterocycles. The molecule has 1 aromatic rings. The van der Waals surface area contributed by atoms with Crippen molar-refractivity contribution in [1.29, 1.82) is 0 Å². The Balaban J connectivity index is 1.41. The highest BCUT2D eigenvalue weighted by molar-refractivity contribution is 6.01. The van der Waals surface area contributed by atoms with Gasteiger partial charge in [-0.2, -0.15) is 0 Å². The molecule has 4 aliphatic carbocycles. The van der Waals surface area contributed by atoms with E-state index >= 15 is 4.39 Å². The van der Waals surface area contributed by atoms with Gasteiger partial charge in [0.05, 0.1) is 18.3 Å². The second-order valence-corrected chi connectivity index (χ2v) is 11.4. The molecule has 0 radical (unpaired) electrons. The van der Waals surface area contributed by atoms with Gasteiger partial charge < -0.3 is 10.2 Å². The summed E-state index contributed by atoms with van der Waals surface area (Å²) in [6, 6.07) is 5.67. The predicted octanol–water partition coefficient (Wildman–Crippen LogP) is 4.00. The van der Waals surface area contributed by atoms with Gasteiger partial charge in [0.15, 0.2) is 11.5 Å². The lowest BCUT2D eigenvalue weighted by atomic mass is 9.45. The van der Waals surface area contributed by atoms with Gasteiger partial charge in [-0.3, -0.25) is 14.7 Å². The number of benzene rings is 1. The van der Waals surface area contributed by atoms with Crippen LogP contribution in [0.15, 0.2) is 48.1 Å². The van der Waals surface area contributed by atoms with Gasteiger partial charge in [0.2, 0.25) is 5.60 Å². The van der Waals surface area contributed by atoms with E-state index in [0.717, 1.165) is 0 Å². The second-order valence-electron chi connectivity index (χ2n) is 11.4. The number of anilines is 1. The number of nitrogens with zero attached hydrogens (tertiary/aromatic N) is 1. The number of carboxylic acid groups (broad SMARTS) is 1. The van der Waals surface area contributed by atoms with E-state index in [1.54, 1.807) is 25.1 Å². The van der Waals surface area contributed by atoms with Crippen molar-refractivity contribution < 1.29 is 33.4 Å². The molecule has 2 N–H and O–H groups in total. The number of hydroxylamine groups is 1. The number of hydrogen-bond donors (Lipinski definition) is 2. The van der Waals surface area contributed by atoms with Gasteiger partial charge in [0.25, 0.3) is 0 Å². The first-order valence-corrected chi connectivity index (χ1v) is 12.2. The number of rotatable bonds is 2. The number of carbonyl (C=O) groups excluding carboxylic acids is 1. The topological polar surface area (TPSA) is 87.1 Å². The van der Waals surface area contributed by atoms with Gasteiger partial charge in [-0.15, -0.1) is 0 Å². The summed E-state index contributed by atoms with van der Waals surface area (Å²) in [5.41, 5.74) is -4.56. The SMILES string of the molecule is C[C@]12C=CC(=O)C=C1CC[C@H]1[C@@H]3C[C@H]4CN(c5ccc(F)cc5)O[C@@]4(C(=O)O)[C@@]3(C)C[C@H](O)[C@@]12F. The van der Waals surface area contributed by atoms with Gasteiger partial charge in [0.1, 0.15) is 5.82 Å². The number of hydrogen-bond acceptors (Lipinski definition) is 5. The van der Waals surface area contributed by atoms with E-state index in [1.807, 2.05) is 6.92 Å². The normalized spacial score (nSPS) is 45.9. The Bertz CT molecular complexity index is 1180. The van der Waals surface area contributed by atoms with Gasteiger partial charge in [0, 0.05) is 22.7 Å². The van der Waals surface area contributed by atoms with Gasteiger partial charge in [-0.05, 0) is 74.9 Å². The zero-order valence-corrected chi connectivity index (χ0v) is 19.7. The third kappa shape index (κ3) is 2.59. The summed E-state index contributed by atoms with van der Waals surface area (Å²) in [7, 11) is 0. The first kappa shape index (κ1) is 22.9. The fraction of sp³-hybridized carbons (Fsp3) is 0.556. The van der Waals surface area contributed by atoms with Crippen LogP contribution < -0.4 is 5.06 Å². The van der Waals surface area contributed by atoms with Crippen molar-refractivity contribution in [2.45, 2.75) is 56.9 Å². The smallest absolute Gasteiger partial charge is 0.339 e. The number of halogens is 2. The number of allylic oxidation sites excluding steroid dienone is 4. The lowest BCUT2D eigenvalue weighted by Gasteiger charge is -2.62. The van der Waals surface area contributed by atoms with Crippen molar-refractivity contribution in [2.75, 3.05) is 11.6 Å². The molecule has 1 saturated heterocycles. The number of aliphatic carboxylic acids is 1. The minimum Gasteiger partial charge on any atom is -0.479 e. The van der Waals surface area contributed by atoms with E-state index in [4.69, 9.17) is 4.84 Å². The molecule has 0 bridgehead atoms. The summed E-state index contributed by atoms with van der Waals surface area (Å²) in [6.07, 6.45) is 4.35. The summed E-state index contributed by atoms with van der Waals surface area (Å²) in [5, 5.41) is 23.5. The molecular weight excluding hydrogens is 456 g/mol. The molecule has 0 spiro atoms. The third-order valence-electron chi connectivity index (χ3n) is 10.1. The Labute approximate surface area is 202 Å². The number of ketones is 1. The standard InChI is InChI=1S/C27H29F2NO5/c1-24-10-9-19(31)11-15(24)3-8-20-21-12-16-14-30(18-6-4-17(28)5-7-18)35-27(16,23(33)34)25(21,2)13-22(32)26(20,24)29/h4-7,9-11,16,20-22,32H,3,8,12-14H2,1-2H3,(H,33,34)/t16-,20-,21-,22-,24-,25-,26-,27-/m0/s1. The number of fused-ring (bicyclic) bond motifs is 7. The van der Waals surface area contributed by atoms with Crippen LogP contribution in [0.5, 0.6) is 0 Å². The summed E-state index contributed by atoms with van der Waals surface area (Å²) < 4.78 is 30.7. The highest BCUT2D eigenvalue weighted by Gasteiger charge is 2.79. The molecule has 1 aromatic carbocycles. The minimum atomic E-state index is -2.02. The highest BCUT2D eigenvalue weighted by atomic mass is 19.1. The van der Waals surface area contributed by atoms with Gasteiger partial charge in [-0.1, -0.05) is 18.6 Å². The van der Waals surface area contributed by atoms with E-state index in [0.29, 0.717) is 30.5 Å². The Morgan fingerprint density at radius 2 is 1.91 bits per heavy atom. The predicted molar refractivity (Wildman–Crippen MR) is 122 cm³/mol. The molecule has 3 saturated carbocycles. The van der Waals surface area contributed by atoms with Crippen LogP contribution in [0, 0.1) is 34.4 Å². The van der Waals surface area contributed by atoms with Crippen LogP contribution in [0.1, 0.15) is 39.5 Å². The fourth-order valence-electron chi connectivity index (χ4n) is 8.38. The average molecular weight is 486 g/mol. The van der Waals surface area contributed by atoms with Crippen LogP contribution in [0.4, 0.5) is 14.5 Å².